The van der Waals surface area contributed by atoms with Gasteiger partial charge in [-0.1, -0.05) is 19.8 Å². The number of likely N-dealkylation sites (tertiary alicyclic amines) is 2. The smallest absolute Gasteiger partial charge is 0.278 e. The van der Waals surface area contributed by atoms with Gasteiger partial charge in [0.1, 0.15) is 6.04 Å². The number of carbonyl (C=O) groups is 3. The van der Waals surface area contributed by atoms with Gasteiger partial charge in [0.2, 0.25) is 11.8 Å². The van der Waals surface area contributed by atoms with Crippen molar-refractivity contribution in [1.82, 2.24) is 15.3 Å². The Morgan fingerprint density at radius 2 is 1.85 bits per heavy atom. The maximum Gasteiger partial charge on any atom is 0.278 e. The van der Waals surface area contributed by atoms with Crippen molar-refractivity contribution in [2.75, 3.05) is 19.6 Å². The summed E-state index contributed by atoms with van der Waals surface area (Å²) in [6.07, 6.45) is 3.75. The van der Waals surface area contributed by atoms with E-state index in [1.54, 1.807) is 4.90 Å². The van der Waals surface area contributed by atoms with Crippen LogP contribution in [0.3, 0.4) is 0 Å². The Hall–Kier alpha value is -1.70. The quantitative estimate of drug-likeness (QED) is 0.526. The normalized spacial score (nSPS) is 22.8. The first-order valence-electron chi connectivity index (χ1n) is 9.68. The minimum atomic E-state index is -2.12. The number of piperidine rings is 1. The lowest BCUT2D eigenvalue weighted by Crippen LogP contribution is -2.52. The van der Waals surface area contributed by atoms with Gasteiger partial charge in [0.15, 0.2) is 6.17 Å². The maximum absolute atomic E-state index is 14.5. The molecule has 2 heterocycles. The fourth-order valence-corrected chi connectivity index (χ4v) is 3.89. The van der Waals surface area contributed by atoms with E-state index in [0.717, 1.165) is 25.7 Å². The summed E-state index contributed by atoms with van der Waals surface area (Å²) in [5.74, 6) is -2.94. The van der Waals surface area contributed by atoms with Crippen molar-refractivity contribution in [3.8, 4) is 0 Å². The second-order valence-electron chi connectivity index (χ2n) is 7.20. The Labute approximate surface area is 153 Å². The minimum absolute atomic E-state index is 0.0631. The van der Waals surface area contributed by atoms with Crippen LogP contribution in [0.1, 0.15) is 58.3 Å². The van der Waals surface area contributed by atoms with Crippen LogP contribution in [0.2, 0.25) is 0 Å². The molecular weight excluding hydrogens is 341 g/mol. The zero-order chi connectivity index (χ0) is 19.1. The molecule has 3 amide bonds. The summed E-state index contributed by atoms with van der Waals surface area (Å²) in [4.78, 5) is 40.6. The highest BCUT2D eigenvalue weighted by atomic mass is 19.1. The van der Waals surface area contributed by atoms with Crippen LogP contribution < -0.4 is 5.48 Å². The summed E-state index contributed by atoms with van der Waals surface area (Å²) in [7, 11) is 0. The fourth-order valence-electron chi connectivity index (χ4n) is 3.89. The summed E-state index contributed by atoms with van der Waals surface area (Å²) >= 11 is 0. The molecule has 0 aliphatic carbocycles. The van der Waals surface area contributed by atoms with E-state index in [9.17, 15) is 18.8 Å². The second-order valence-corrected chi connectivity index (χ2v) is 7.20. The van der Waals surface area contributed by atoms with E-state index >= 15 is 0 Å². The molecule has 3 unspecified atom stereocenters. The Bertz CT molecular complexity index is 511. The van der Waals surface area contributed by atoms with Crippen molar-refractivity contribution >= 4 is 17.7 Å². The van der Waals surface area contributed by atoms with Crippen molar-refractivity contribution in [3.05, 3.63) is 0 Å². The number of unbranched alkanes of at least 4 members (excludes halogenated alkanes) is 1. The molecule has 0 aromatic carbocycles. The second kappa shape index (κ2) is 9.85. The van der Waals surface area contributed by atoms with E-state index in [0.29, 0.717) is 38.9 Å². The van der Waals surface area contributed by atoms with Crippen LogP contribution >= 0.6 is 0 Å². The average Bonchev–Trinajstić information content (AvgIpc) is 3.17. The third kappa shape index (κ3) is 4.72. The zero-order valence-corrected chi connectivity index (χ0v) is 15.5. The highest BCUT2D eigenvalue weighted by molar-refractivity contribution is 5.92. The van der Waals surface area contributed by atoms with Crippen LogP contribution in [0, 0.1) is 5.92 Å². The van der Waals surface area contributed by atoms with Gasteiger partial charge in [0, 0.05) is 19.6 Å². The monoisotopic (exact) mass is 371 g/mol. The number of hydroxylamine groups is 1. The highest BCUT2D eigenvalue weighted by Gasteiger charge is 2.42. The molecule has 0 aromatic heterocycles. The highest BCUT2D eigenvalue weighted by Crippen LogP contribution is 2.27. The molecule has 26 heavy (non-hydrogen) atoms. The summed E-state index contributed by atoms with van der Waals surface area (Å²) < 4.78 is 14.5. The van der Waals surface area contributed by atoms with E-state index in [-0.39, 0.29) is 12.3 Å². The number of carbonyl (C=O) groups excluding carboxylic acids is 3. The molecule has 0 radical (unpaired) electrons. The van der Waals surface area contributed by atoms with Gasteiger partial charge in [-0.25, -0.2) is 9.87 Å². The van der Waals surface area contributed by atoms with Crippen LogP contribution in [0.4, 0.5) is 4.39 Å². The number of halogens is 1. The molecule has 3 atom stereocenters. The molecule has 7 nitrogen and oxygen atoms in total. The predicted octanol–water partition coefficient (Wildman–Crippen LogP) is 1.64. The number of nitrogens with one attached hydrogen (secondary N) is 1. The summed E-state index contributed by atoms with van der Waals surface area (Å²) in [6, 6.07) is -0.561. The largest absolute Gasteiger partial charge is 0.341 e. The topological polar surface area (TPSA) is 90.0 Å². The molecule has 0 bridgehead atoms. The van der Waals surface area contributed by atoms with E-state index in [1.165, 1.54) is 10.4 Å². The molecule has 2 saturated heterocycles. The number of nitrogens with zero attached hydrogens (tertiary/aromatic N) is 2. The van der Waals surface area contributed by atoms with Crippen LogP contribution in [0.5, 0.6) is 0 Å². The number of hydrogen-bond acceptors (Lipinski definition) is 4. The van der Waals surface area contributed by atoms with Gasteiger partial charge in [-0.3, -0.25) is 19.6 Å². The number of hydrogen-bond donors (Lipinski definition) is 2. The molecule has 2 N–H and O–H groups in total. The van der Waals surface area contributed by atoms with Crippen LogP contribution in [-0.4, -0.2) is 64.6 Å². The van der Waals surface area contributed by atoms with E-state index < -0.39 is 29.9 Å². The SMILES string of the molecule is CCCCC(C(=O)N1CCCC1C(=O)N1CCCCC1)C(F)C(=O)NO. The first-order chi connectivity index (χ1) is 12.5. The molecule has 0 saturated carbocycles. The lowest BCUT2D eigenvalue weighted by atomic mass is 9.94. The molecule has 8 heteroatoms. The lowest BCUT2D eigenvalue weighted by Gasteiger charge is -2.34. The Morgan fingerprint density at radius 3 is 2.46 bits per heavy atom. The molecule has 148 valence electrons. The van der Waals surface area contributed by atoms with Crippen molar-refractivity contribution in [2.45, 2.75) is 70.5 Å². The van der Waals surface area contributed by atoms with Gasteiger partial charge in [0.05, 0.1) is 5.92 Å². The van der Waals surface area contributed by atoms with Crippen molar-refractivity contribution < 1.29 is 24.0 Å². The van der Waals surface area contributed by atoms with E-state index in [2.05, 4.69) is 0 Å². The van der Waals surface area contributed by atoms with Crippen molar-refractivity contribution in [1.29, 1.82) is 0 Å². The summed E-state index contributed by atoms with van der Waals surface area (Å²) in [6.45, 7) is 3.73. The number of amides is 3. The number of alkyl halides is 1. The van der Waals surface area contributed by atoms with Gasteiger partial charge in [-0.2, -0.15) is 0 Å². The molecular formula is C18H30FN3O4. The third-order valence-corrected chi connectivity index (χ3v) is 5.39. The Kier molecular flexibility index (Phi) is 7.81. The first kappa shape index (κ1) is 20.6. The fraction of sp³-hybridized carbons (Fsp3) is 0.833. The first-order valence-corrected chi connectivity index (χ1v) is 9.68. The third-order valence-electron chi connectivity index (χ3n) is 5.39. The van der Waals surface area contributed by atoms with Gasteiger partial charge in [-0.15, -0.1) is 0 Å². The summed E-state index contributed by atoms with van der Waals surface area (Å²) in [5.41, 5.74) is 1.29. The zero-order valence-electron chi connectivity index (χ0n) is 15.5. The van der Waals surface area contributed by atoms with Crippen LogP contribution in [-0.2, 0) is 14.4 Å². The molecule has 0 aromatic rings. The van der Waals surface area contributed by atoms with E-state index in [1.807, 2.05) is 6.92 Å². The van der Waals surface area contributed by atoms with E-state index in [4.69, 9.17) is 5.21 Å². The molecule has 0 spiro atoms. The van der Waals surface area contributed by atoms with Crippen molar-refractivity contribution in [2.24, 2.45) is 5.92 Å². The number of rotatable bonds is 7. The lowest BCUT2D eigenvalue weighted by molar-refractivity contribution is -0.151. The van der Waals surface area contributed by atoms with Gasteiger partial charge in [0.25, 0.3) is 5.91 Å². The van der Waals surface area contributed by atoms with Crippen molar-refractivity contribution in [3.63, 3.8) is 0 Å². The molecule has 2 aliphatic rings. The molecule has 2 aliphatic heterocycles. The molecule has 2 fully saturated rings. The standard InChI is InChI=1S/C18H30FN3O4/c1-2-3-8-13(15(19)16(23)20-26)17(24)22-12-7-9-14(22)18(25)21-10-5-4-6-11-21/h13-15,26H,2-12H2,1H3,(H,20,23). The maximum atomic E-state index is 14.5. The molecule has 2 rings (SSSR count). The van der Waals surface area contributed by atoms with Crippen LogP contribution in [0.25, 0.3) is 0 Å². The van der Waals surface area contributed by atoms with Gasteiger partial charge in [-0.05, 0) is 38.5 Å². The van der Waals surface area contributed by atoms with Gasteiger partial charge < -0.3 is 9.80 Å². The average molecular weight is 371 g/mol. The van der Waals surface area contributed by atoms with Crippen LogP contribution in [0.15, 0.2) is 0 Å². The van der Waals surface area contributed by atoms with Gasteiger partial charge >= 0.3 is 0 Å². The summed E-state index contributed by atoms with van der Waals surface area (Å²) in [5, 5.41) is 8.71. The Balaban J connectivity index is 2.11. The minimum Gasteiger partial charge on any atom is -0.341 e. The predicted molar refractivity (Wildman–Crippen MR) is 93.0 cm³/mol. The Morgan fingerprint density at radius 1 is 1.15 bits per heavy atom.